The lowest BCUT2D eigenvalue weighted by Crippen LogP contribution is -2.47. The van der Waals surface area contributed by atoms with E-state index in [0.29, 0.717) is 6.54 Å². The number of hydrogen-bond acceptors (Lipinski definition) is 4. The third-order valence-corrected chi connectivity index (χ3v) is 4.21. The Balaban J connectivity index is 2.04. The molecule has 0 bridgehead atoms. The van der Waals surface area contributed by atoms with Crippen LogP contribution in [0.1, 0.15) is 32.4 Å². The molecular formula is C12H19N3OS. The summed E-state index contributed by atoms with van der Waals surface area (Å²) in [7, 11) is 0. The van der Waals surface area contributed by atoms with E-state index in [1.165, 1.54) is 0 Å². The van der Waals surface area contributed by atoms with Crippen LogP contribution in [0.4, 0.5) is 0 Å². The largest absolute Gasteiger partial charge is 0.394 e. The predicted molar refractivity (Wildman–Crippen MR) is 70.3 cm³/mol. The van der Waals surface area contributed by atoms with Gasteiger partial charge in [0.15, 0.2) is 4.96 Å². The zero-order chi connectivity index (χ0) is 12.3. The molecule has 0 aliphatic heterocycles. The fourth-order valence-electron chi connectivity index (χ4n) is 1.92. The molecule has 5 heteroatoms. The summed E-state index contributed by atoms with van der Waals surface area (Å²) in [4.78, 5) is 5.53. The molecular weight excluding hydrogens is 234 g/mol. The lowest BCUT2D eigenvalue weighted by molar-refractivity contribution is 0.149. The van der Waals surface area contributed by atoms with Gasteiger partial charge in [0.05, 0.1) is 12.3 Å². The number of imidazole rings is 1. The summed E-state index contributed by atoms with van der Waals surface area (Å²) < 4.78 is 2.03. The quantitative estimate of drug-likeness (QED) is 0.828. The Kier molecular flexibility index (Phi) is 3.81. The van der Waals surface area contributed by atoms with Crippen LogP contribution in [0, 0.1) is 0 Å². The van der Waals surface area contributed by atoms with E-state index in [-0.39, 0.29) is 12.1 Å². The molecule has 0 radical (unpaired) electrons. The van der Waals surface area contributed by atoms with E-state index in [2.05, 4.69) is 24.1 Å². The van der Waals surface area contributed by atoms with Gasteiger partial charge < -0.3 is 10.4 Å². The van der Waals surface area contributed by atoms with Gasteiger partial charge in [-0.1, -0.05) is 13.8 Å². The molecule has 0 saturated carbocycles. The van der Waals surface area contributed by atoms with Gasteiger partial charge in [-0.25, -0.2) is 4.98 Å². The smallest absolute Gasteiger partial charge is 0.193 e. The summed E-state index contributed by atoms with van der Waals surface area (Å²) >= 11 is 1.63. The average molecular weight is 253 g/mol. The second kappa shape index (κ2) is 5.16. The number of aromatic nitrogens is 2. The number of rotatable bonds is 6. The number of aliphatic hydroxyl groups is 1. The monoisotopic (exact) mass is 253 g/mol. The Labute approximate surface area is 105 Å². The van der Waals surface area contributed by atoms with Crippen molar-refractivity contribution in [2.75, 3.05) is 6.61 Å². The third kappa shape index (κ3) is 2.51. The summed E-state index contributed by atoms with van der Waals surface area (Å²) in [6.45, 7) is 5.07. The van der Waals surface area contributed by atoms with Crippen molar-refractivity contribution in [3.05, 3.63) is 23.5 Å². The second-order valence-electron chi connectivity index (χ2n) is 4.32. The number of thiazole rings is 1. The summed E-state index contributed by atoms with van der Waals surface area (Å²) in [5.74, 6) is 0. The Morgan fingerprint density at radius 3 is 2.82 bits per heavy atom. The van der Waals surface area contributed by atoms with E-state index in [9.17, 15) is 5.11 Å². The second-order valence-corrected chi connectivity index (χ2v) is 5.20. The maximum Gasteiger partial charge on any atom is 0.193 e. The number of fused-ring (bicyclic) bond motifs is 1. The van der Waals surface area contributed by atoms with Crippen LogP contribution in [0.2, 0.25) is 0 Å². The molecule has 0 unspecified atom stereocenters. The van der Waals surface area contributed by atoms with Gasteiger partial charge in [-0.3, -0.25) is 4.40 Å². The van der Waals surface area contributed by atoms with Crippen LogP contribution in [-0.2, 0) is 6.54 Å². The van der Waals surface area contributed by atoms with Crippen molar-refractivity contribution in [3.63, 3.8) is 0 Å². The van der Waals surface area contributed by atoms with Crippen molar-refractivity contribution in [2.45, 2.75) is 38.8 Å². The summed E-state index contributed by atoms with van der Waals surface area (Å²) in [6.07, 6.45) is 5.88. The van der Waals surface area contributed by atoms with E-state index in [1.807, 2.05) is 22.2 Å². The molecule has 2 N–H and O–H groups in total. The van der Waals surface area contributed by atoms with Gasteiger partial charge in [-0.05, 0) is 12.8 Å². The lowest BCUT2D eigenvalue weighted by atomic mass is 9.94. The molecule has 2 aromatic rings. The highest BCUT2D eigenvalue weighted by molar-refractivity contribution is 7.15. The number of hydrogen-bond donors (Lipinski definition) is 2. The molecule has 0 amide bonds. The van der Waals surface area contributed by atoms with Crippen LogP contribution in [0.5, 0.6) is 0 Å². The molecule has 0 atom stereocenters. The molecule has 2 aromatic heterocycles. The maximum atomic E-state index is 9.47. The minimum atomic E-state index is -0.170. The van der Waals surface area contributed by atoms with Crippen molar-refractivity contribution < 1.29 is 5.11 Å². The van der Waals surface area contributed by atoms with Gasteiger partial charge in [-0.15, -0.1) is 11.3 Å². The standard InChI is InChI=1S/C12H19N3OS/c1-3-12(4-2,9-16)13-7-10-8-15-5-6-17-11(15)14-10/h5-6,8,13,16H,3-4,7,9H2,1-2H3. The summed E-state index contributed by atoms with van der Waals surface area (Å²) in [5, 5.41) is 14.9. The van der Waals surface area contributed by atoms with Crippen molar-refractivity contribution in [1.29, 1.82) is 0 Å². The van der Waals surface area contributed by atoms with Crippen molar-refractivity contribution >= 4 is 16.3 Å². The van der Waals surface area contributed by atoms with Crippen LogP contribution in [0.3, 0.4) is 0 Å². The Bertz CT molecular complexity index is 436. The van der Waals surface area contributed by atoms with Gasteiger partial charge in [0, 0.05) is 29.9 Å². The van der Waals surface area contributed by atoms with E-state index in [0.717, 1.165) is 23.5 Å². The summed E-state index contributed by atoms with van der Waals surface area (Å²) in [6, 6.07) is 0. The first kappa shape index (κ1) is 12.5. The first-order chi connectivity index (χ1) is 8.23. The van der Waals surface area contributed by atoms with Gasteiger partial charge in [0.2, 0.25) is 0 Å². The molecule has 17 heavy (non-hydrogen) atoms. The van der Waals surface area contributed by atoms with Crippen LogP contribution in [0.15, 0.2) is 17.8 Å². The van der Waals surface area contributed by atoms with Crippen molar-refractivity contribution in [1.82, 2.24) is 14.7 Å². The lowest BCUT2D eigenvalue weighted by Gasteiger charge is -2.30. The highest BCUT2D eigenvalue weighted by atomic mass is 32.1. The first-order valence-electron chi connectivity index (χ1n) is 6.00. The van der Waals surface area contributed by atoms with E-state index in [1.54, 1.807) is 11.3 Å². The van der Waals surface area contributed by atoms with E-state index < -0.39 is 0 Å². The topological polar surface area (TPSA) is 49.6 Å². The molecule has 94 valence electrons. The van der Waals surface area contributed by atoms with Gasteiger partial charge >= 0.3 is 0 Å². The minimum Gasteiger partial charge on any atom is -0.394 e. The van der Waals surface area contributed by atoms with Crippen LogP contribution in [-0.4, -0.2) is 26.6 Å². The minimum absolute atomic E-state index is 0.169. The van der Waals surface area contributed by atoms with Crippen molar-refractivity contribution in [2.24, 2.45) is 0 Å². The molecule has 0 aromatic carbocycles. The molecule has 0 fully saturated rings. The fourth-order valence-corrected chi connectivity index (χ4v) is 2.64. The van der Waals surface area contributed by atoms with Gasteiger partial charge in [0.1, 0.15) is 0 Å². The van der Waals surface area contributed by atoms with Crippen LogP contribution >= 0.6 is 11.3 Å². The third-order valence-electron chi connectivity index (χ3n) is 3.44. The van der Waals surface area contributed by atoms with Crippen LogP contribution < -0.4 is 5.32 Å². The van der Waals surface area contributed by atoms with Gasteiger partial charge in [-0.2, -0.15) is 0 Å². The number of nitrogens with zero attached hydrogens (tertiary/aromatic N) is 2. The molecule has 0 aliphatic carbocycles. The van der Waals surface area contributed by atoms with Gasteiger partial charge in [0.25, 0.3) is 0 Å². The SMILES string of the molecule is CCC(CC)(CO)NCc1cn2ccsc2n1. The Morgan fingerprint density at radius 1 is 1.47 bits per heavy atom. The fraction of sp³-hybridized carbons (Fsp3) is 0.583. The molecule has 2 rings (SSSR count). The Hall–Kier alpha value is -0.910. The molecule has 0 aliphatic rings. The Morgan fingerprint density at radius 2 is 2.24 bits per heavy atom. The first-order valence-corrected chi connectivity index (χ1v) is 6.88. The highest BCUT2D eigenvalue weighted by Crippen LogP contribution is 2.16. The molecule has 4 nitrogen and oxygen atoms in total. The molecule has 2 heterocycles. The predicted octanol–water partition coefficient (Wildman–Crippen LogP) is 2.04. The zero-order valence-electron chi connectivity index (χ0n) is 10.3. The molecule has 0 saturated heterocycles. The number of nitrogens with one attached hydrogen (secondary N) is 1. The maximum absolute atomic E-state index is 9.47. The average Bonchev–Trinajstić information content (AvgIpc) is 2.92. The summed E-state index contributed by atoms with van der Waals surface area (Å²) in [5.41, 5.74) is 0.855. The number of aliphatic hydroxyl groups excluding tert-OH is 1. The normalized spacial score (nSPS) is 12.4. The highest BCUT2D eigenvalue weighted by Gasteiger charge is 2.24. The van der Waals surface area contributed by atoms with Crippen LogP contribution in [0.25, 0.3) is 4.96 Å². The van der Waals surface area contributed by atoms with E-state index >= 15 is 0 Å². The van der Waals surface area contributed by atoms with Crippen molar-refractivity contribution in [3.8, 4) is 0 Å². The molecule has 0 spiro atoms. The zero-order valence-corrected chi connectivity index (χ0v) is 11.1. The van der Waals surface area contributed by atoms with E-state index in [4.69, 9.17) is 0 Å².